The van der Waals surface area contributed by atoms with Gasteiger partial charge in [-0.1, -0.05) is 79.6 Å². The van der Waals surface area contributed by atoms with Crippen molar-refractivity contribution in [2.24, 2.45) is 5.92 Å². The predicted octanol–water partition coefficient (Wildman–Crippen LogP) is 8.45. The smallest absolute Gasteiger partial charge is 0.335 e. The Morgan fingerprint density at radius 2 is 1.75 bits per heavy atom. The van der Waals surface area contributed by atoms with Gasteiger partial charge in [0.2, 0.25) is 0 Å². The van der Waals surface area contributed by atoms with E-state index in [-0.39, 0.29) is 18.0 Å². The number of benzene rings is 2. The molecule has 2 aliphatic carbocycles. The fourth-order valence-electron chi connectivity index (χ4n) is 5.79. The molecule has 2 aliphatic rings. The van der Waals surface area contributed by atoms with E-state index in [1.54, 1.807) is 18.2 Å². The van der Waals surface area contributed by atoms with Gasteiger partial charge in [-0.15, -0.1) is 0 Å². The number of pyridine rings is 1. The average molecular weight is 570 g/mol. The first-order valence-electron chi connectivity index (χ1n) is 13.8. The van der Waals surface area contributed by atoms with Crippen LogP contribution in [0.15, 0.2) is 84.6 Å². The first-order valence-corrected chi connectivity index (χ1v) is 14.2. The number of aromatic nitrogens is 1. The van der Waals surface area contributed by atoms with Crippen LogP contribution in [-0.2, 0) is 18.1 Å². The Hall–Kier alpha value is -3.32. The molecule has 212 valence electrons. The maximum atomic E-state index is 13.8. The Labute approximate surface area is 239 Å². The summed E-state index contributed by atoms with van der Waals surface area (Å²) in [6.07, 6.45) is 4.31. The molecule has 2 aromatic carbocycles. The number of halogens is 4. The van der Waals surface area contributed by atoms with Gasteiger partial charge in [-0.3, -0.25) is 4.98 Å². The van der Waals surface area contributed by atoms with Crippen LogP contribution in [-0.4, -0.2) is 17.1 Å². The monoisotopic (exact) mass is 569 g/mol. The van der Waals surface area contributed by atoms with Gasteiger partial charge in [0.1, 0.15) is 5.54 Å². The van der Waals surface area contributed by atoms with Crippen LogP contribution in [0.1, 0.15) is 68.3 Å². The third-order valence-corrected chi connectivity index (χ3v) is 7.73. The van der Waals surface area contributed by atoms with Crippen LogP contribution in [0.2, 0.25) is 5.02 Å². The van der Waals surface area contributed by atoms with E-state index in [0.29, 0.717) is 16.6 Å². The van der Waals surface area contributed by atoms with Gasteiger partial charge in [0.25, 0.3) is 0 Å². The average Bonchev–Trinajstić information content (AvgIpc) is 2.94. The number of carbonyl (C=O) groups is 1. The summed E-state index contributed by atoms with van der Waals surface area (Å²) in [4.78, 5) is 18.1. The summed E-state index contributed by atoms with van der Waals surface area (Å²) in [6, 6.07) is 17.2. The first kappa shape index (κ1) is 29.7. The largest absolute Gasteiger partial charge is 0.416 e. The molecule has 4 nitrogen and oxygen atoms in total. The molecule has 1 fully saturated rings. The van der Waals surface area contributed by atoms with E-state index in [4.69, 9.17) is 11.6 Å². The van der Waals surface area contributed by atoms with Crippen LogP contribution < -0.4 is 10.6 Å². The molecule has 40 heavy (non-hydrogen) atoms. The van der Waals surface area contributed by atoms with Gasteiger partial charge in [0.05, 0.1) is 16.3 Å². The van der Waals surface area contributed by atoms with Gasteiger partial charge in [0, 0.05) is 18.7 Å². The molecule has 2 amide bonds. The van der Waals surface area contributed by atoms with Gasteiger partial charge >= 0.3 is 12.2 Å². The summed E-state index contributed by atoms with van der Waals surface area (Å²) in [5.41, 5.74) is 0.689. The van der Waals surface area contributed by atoms with Gasteiger partial charge in [-0.25, -0.2) is 4.79 Å². The number of rotatable bonds is 6. The van der Waals surface area contributed by atoms with Crippen LogP contribution in [0.25, 0.3) is 0 Å². The molecule has 0 radical (unpaired) electrons. The van der Waals surface area contributed by atoms with Crippen molar-refractivity contribution in [1.29, 1.82) is 0 Å². The molecule has 0 spiro atoms. The maximum absolute atomic E-state index is 13.8. The number of nitrogens with one attached hydrogen (secondary N) is 2. The fourth-order valence-corrected chi connectivity index (χ4v) is 5.90. The minimum absolute atomic E-state index is 0.0330. The van der Waals surface area contributed by atoms with Gasteiger partial charge in [-0.2, -0.15) is 13.2 Å². The summed E-state index contributed by atoms with van der Waals surface area (Å²) in [7, 11) is 0. The van der Waals surface area contributed by atoms with Crippen molar-refractivity contribution in [2.75, 3.05) is 0 Å². The zero-order valence-electron chi connectivity index (χ0n) is 22.8. The molecule has 0 saturated heterocycles. The van der Waals surface area contributed by atoms with Crippen molar-refractivity contribution in [1.82, 2.24) is 15.6 Å². The summed E-state index contributed by atoms with van der Waals surface area (Å²) in [5.74, 6) is 0.546. The number of nitrogens with zero attached hydrogens (tertiary/aromatic N) is 1. The Morgan fingerprint density at radius 1 is 1.00 bits per heavy atom. The lowest BCUT2D eigenvalue weighted by Crippen LogP contribution is -2.55. The molecule has 0 aliphatic heterocycles. The SMILES string of the molecule is CC.O=C(NC1CC2=CCCC(C2)C1)NC(Cc1ccccc1)(c1cccc(C(F)(F)F)c1)c1ccc(Cl)cn1. The Balaban J connectivity index is 0.00000181. The predicted molar refractivity (Wildman–Crippen MR) is 153 cm³/mol. The summed E-state index contributed by atoms with van der Waals surface area (Å²) in [6.45, 7) is 4.00. The third kappa shape index (κ3) is 7.05. The number of hydrogen-bond donors (Lipinski definition) is 2. The minimum atomic E-state index is -4.54. The van der Waals surface area contributed by atoms with E-state index in [0.717, 1.165) is 49.8 Å². The molecular weight excluding hydrogens is 535 g/mol. The number of amides is 2. The number of urea groups is 1. The number of hydrogen-bond acceptors (Lipinski definition) is 2. The molecule has 8 heteroatoms. The fraction of sp³-hybridized carbons (Fsp3) is 0.375. The molecule has 3 aromatic rings. The van der Waals surface area contributed by atoms with E-state index < -0.39 is 23.3 Å². The normalized spacial score (nSPS) is 19.8. The van der Waals surface area contributed by atoms with Crippen molar-refractivity contribution in [3.63, 3.8) is 0 Å². The summed E-state index contributed by atoms with van der Waals surface area (Å²) < 4.78 is 41.4. The van der Waals surface area contributed by atoms with Crippen LogP contribution in [0, 0.1) is 5.92 Å². The highest BCUT2D eigenvalue weighted by atomic mass is 35.5. The highest BCUT2D eigenvalue weighted by Crippen LogP contribution is 2.38. The number of carbonyl (C=O) groups excluding carboxylic acids is 1. The maximum Gasteiger partial charge on any atom is 0.416 e. The third-order valence-electron chi connectivity index (χ3n) is 7.51. The van der Waals surface area contributed by atoms with E-state index in [1.807, 2.05) is 44.2 Å². The lowest BCUT2D eigenvalue weighted by molar-refractivity contribution is -0.137. The number of alkyl halides is 3. The molecule has 1 aromatic heterocycles. The zero-order valence-corrected chi connectivity index (χ0v) is 23.5. The Bertz CT molecular complexity index is 1310. The summed E-state index contributed by atoms with van der Waals surface area (Å²) >= 11 is 6.12. The minimum Gasteiger partial charge on any atom is -0.335 e. The molecule has 1 saturated carbocycles. The topological polar surface area (TPSA) is 54.0 Å². The second-order valence-electron chi connectivity index (χ2n) is 10.3. The highest BCUT2D eigenvalue weighted by molar-refractivity contribution is 6.30. The quantitative estimate of drug-likeness (QED) is 0.293. The second kappa shape index (κ2) is 12.9. The van der Waals surface area contributed by atoms with Crippen LogP contribution in [0.4, 0.5) is 18.0 Å². The number of allylic oxidation sites excluding steroid dienone is 1. The van der Waals surface area contributed by atoms with Gasteiger partial charge in [-0.05, 0) is 73.4 Å². The van der Waals surface area contributed by atoms with Gasteiger partial charge in [0.15, 0.2) is 0 Å². The standard InChI is InChI=1S/C30H29ClF3N3O.C2H6/c31-25-12-13-27(35-19-25)29(18-20-6-2-1-3-7-20,23-10-5-11-24(17-23)30(32,33)34)37-28(38)36-26-15-21-8-4-9-22(14-21)16-26;1-2/h1-3,5-8,10-13,17,19,22,26H,4,9,14-16,18H2,(H2,36,37,38);1-2H3. The van der Waals surface area contributed by atoms with Crippen molar-refractivity contribution in [3.05, 3.63) is 112 Å². The van der Waals surface area contributed by atoms with Crippen LogP contribution in [0.3, 0.4) is 0 Å². The van der Waals surface area contributed by atoms with Crippen molar-refractivity contribution in [2.45, 2.75) is 70.1 Å². The van der Waals surface area contributed by atoms with E-state index in [2.05, 4.69) is 21.7 Å². The molecule has 5 rings (SSSR count). The molecule has 2 bridgehead atoms. The van der Waals surface area contributed by atoms with E-state index in [9.17, 15) is 18.0 Å². The van der Waals surface area contributed by atoms with E-state index in [1.165, 1.54) is 17.8 Å². The van der Waals surface area contributed by atoms with Crippen molar-refractivity contribution < 1.29 is 18.0 Å². The first-order chi connectivity index (χ1) is 19.2. The van der Waals surface area contributed by atoms with Crippen LogP contribution in [0.5, 0.6) is 0 Å². The Kier molecular flexibility index (Phi) is 9.56. The van der Waals surface area contributed by atoms with E-state index >= 15 is 0 Å². The van der Waals surface area contributed by atoms with Crippen LogP contribution >= 0.6 is 11.6 Å². The lowest BCUT2D eigenvalue weighted by atomic mass is 9.76. The van der Waals surface area contributed by atoms with Crippen molar-refractivity contribution >= 4 is 17.6 Å². The van der Waals surface area contributed by atoms with Gasteiger partial charge < -0.3 is 10.6 Å². The molecule has 1 heterocycles. The molecule has 2 N–H and O–H groups in total. The number of fused-ring (bicyclic) bond motifs is 2. The molecule has 3 atom stereocenters. The summed E-state index contributed by atoms with van der Waals surface area (Å²) in [5, 5.41) is 6.58. The van der Waals surface area contributed by atoms with Crippen molar-refractivity contribution in [3.8, 4) is 0 Å². The Morgan fingerprint density at radius 3 is 2.42 bits per heavy atom. The zero-order chi connectivity index (χ0) is 28.8. The molecule has 3 unspecified atom stereocenters. The molecular formula is C32H35ClF3N3O. The lowest BCUT2D eigenvalue weighted by Gasteiger charge is -2.38. The highest BCUT2D eigenvalue weighted by Gasteiger charge is 2.41. The second-order valence-corrected chi connectivity index (χ2v) is 10.7.